The third-order valence-corrected chi connectivity index (χ3v) is 6.30. The summed E-state index contributed by atoms with van der Waals surface area (Å²) in [6.07, 6.45) is 1.21. The van der Waals surface area contributed by atoms with Crippen molar-refractivity contribution >= 4 is 23.5 Å². The summed E-state index contributed by atoms with van der Waals surface area (Å²) < 4.78 is 3.05. The van der Waals surface area contributed by atoms with Crippen LogP contribution in [0.15, 0.2) is 0 Å². The van der Waals surface area contributed by atoms with Crippen LogP contribution < -0.4 is 10.2 Å². The van der Waals surface area contributed by atoms with Gasteiger partial charge in [-0.25, -0.2) is 0 Å². The summed E-state index contributed by atoms with van der Waals surface area (Å²) in [5, 5.41) is 19.5. The van der Waals surface area contributed by atoms with Crippen molar-refractivity contribution in [3.8, 4) is 0 Å². The molecule has 0 heterocycles. The maximum Gasteiger partial charge on any atom is 0.138 e. The van der Waals surface area contributed by atoms with Crippen LogP contribution in [0.4, 0.5) is 0 Å². The van der Waals surface area contributed by atoms with E-state index >= 15 is 0 Å². The molecule has 6 nitrogen and oxygen atoms in total. The smallest absolute Gasteiger partial charge is 0.138 e. The fraction of sp³-hybridized carbons (Fsp3) is 0.800. The first kappa shape index (κ1) is 30.7. The van der Waals surface area contributed by atoms with Crippen molar-refractivity contribution in [3.63, 3.8) is 0 Å². The van der Waals surface area contributed by atoms with Crippen molar-refractivity contribution in [1.82, 2.24) is 0 Å². The van der Waals surface area contributed by atoms with Gasteiger partial charge in [0.2, 0.25) is 0 Å². The molecule has 27 heavy (non-hydrogen) atoms. The molecule has 0 rings (SSSR count). The average molecular weight is 420 g/mol. The van der Waals surface area contributed by atoms with E-state index in [0.29, 0.717) is 44.8 Å². The predicted molar refractivity (Wildman–Crippen MR) is 98.4 cm³/mol. The van der Waals surface area contributed by atoms with Gasteiger partial charge in [0.1, 0.15) is 11.6 Å². The number of carbonyl (C=O) groups excluding carboxylic acids is 4. The molecule has 0 atom stereocenters. The quantitative estimate of drug-likeness (QED) is 0.353. The summed E-state index contributed by atoms with van der Waals surface area (Å²) in [7, 11) is 0. The van der Waals surface area contributed by atoms with Crippen LogP contribution in [-0.2, 0) is 38.3 Å². The molecule has 0 amide bonds. The van der Waals surface area contributed by atoms with E-state index in [-0.39, 0.29) is 11.6 Å². The second kappa shape index (κ2) is 21.3. The van der Waals surface area contributed by atoms with Crippen molar-refractivity contribution < 1.29 is 48.5 Å². The largest absolute Gasteiger partial charge is 0.550 e. The van der Waals surface area contributed by atoms with Gasteiger partial charge < -0.3 is 19.8 Å². The predicted octanol–water partition coefficient (Wildman–Crippen LogP) is 2.21. The molecule has 0 saturated carbocycles. The summed E-state index contributed by atoms with van der Waals surface area (Å²) in [5.74, 6) is -1.18. The van der Waals surface area contributed by atoms with Crippen LogP contribution in [0.5, 0.6) is 0 Å². The van der Waals surface area contributed by atoms with Crippen LogP contribution in [0.1, 0.15) is 80.1 Å². The maximum atomic E-state index is 10.4. The molecule has 0 unspecified atom stereocenters. The van der Waals surface area contributed by atoms with Gasteiger partial charge in [0.15, 0.2) is 0 Å². The van der Waals surface area contributed by atoms with Gasteiger partial charge in [0.05, 0.1) is 0 Å². The molecule has 156 valence electrons. The third kappa shape index (κ3) is 36.6. The van der Waals surface area contributed by atoms with E-state index in [1.165, 1.54) is 9.45 Å². The van der Waals surface area contributed by atoms with Gasteiger partial charge in [-0.05, 0) is 12.8 Å². The Bertz CT molecular complexity index is 381. The number of carbonyl (C=O) groups is 4. The van der Waals surface area contributed by atoms with E-state index in [2.05, 4.69) is 27.7 Å². The first-order valence-electron chi connectivity index (χ1n) is 9.59. The van der Waals surface area contributed by atoms with Gasteiger partial charge in [0.25, 0.3) is 0 Å². The molecule has 0 aliphatic carbocycles. The van der Waals surface area contributed by atoms with E-state index < -0.39 is 24.8 Å². The summed E-state index contributed by atoms with van der Waals surface area (Å²) >= 11 is 0.426. The Morgan fingerprint density at radius 3 is 1.19 bits per heavy atom. The fourth-order valence-corrected chi connectivity index (χ4v) is 3.78. The Morgan fingerprint density at radius 2 is 1.00 bits per heavy atom. The van der Waals surface area contributed by atoms with E-state index in [9.17, 15) is 29.4 Å². The summed E-state index contributed by atoms with van der Waals surface area (Å²) in [6, 6.07) is 0. The molecule has 0 bridgehead atoms. The van der Waals surface area contributed by atoms with Gasteiger partial charge in [-0.3, -0.25) is 9.59 Å². The van der Waals surface area contributed by atoms with Gasteiger partial charge in [-0.1, -0.05) is 13.8 Å². The van der Waals surface area contributed by atoms with Crippen molar-refractivity contribution in [2.45, 2.75) is 89.5 Å². The molecule has 0 radical (unpaired) electrons. The van der Waals surface area contributed by atoms with E-state index in [0.717, 1.165) is 11.8 Å². The minimum Gasteiger partial charge on any atom is -0.550 e. The van der Waals surface area contributed by atoms with Crippen LogP contribution >= 0.6 is 0 Å². The van der Waals surface area contributed by atoms with Gasteiger partial charge in [-0.15, -0.1) is 0 Å². The van der Waals surface area contributed by atoms with Gasteiger partial charge in [-0.2, -0.15) is 0 Å². The van der Waals surface area contributed by atoms with Crippen molar-refractivity contribution in [3.05, 3.63) is 0 Å². The zero-order valence-corrected chi connectivity index (χ0v) is 19.3. The van der Waals surface area contributed by atoms with E-state index in [1.807, 2.05) is 13.8 Å². The molecular formula is C20H36O6Ti. The number of carboxylic acid groups (broad SMARTS) is 2. The van der Waals surface area contributed by atoms with Crippen molar-refractivity contribution in [2.24, 2.45) is 11.8 Å². The minimum absolute atomic E-state index is 0.252. The number of Topliss-reactive ketones (excluding diaryl/α,β-unsaturated/α-hetero) is 2. The summed E-state index contributed by atoms with van der Waals surface area (Å²) in [4.78, 5) is 40.4. The molecule has 0 aromatic heterocycles. The number of aliphatic carboxylic acids is 2. The first-order chi connectivity index (χ1) is 12.5. The molecule has 0 aromatic rings. The average Bonchev–Trinajstić information content (AvgIpc) is 2.46. The Labute approximate surface area is 173 Å². The number of rotatable bonds is 12. The molecule has 0 aliphatic rings. The van der Waals surface area contributed by atoms with Crippen LogP contribution in [0.2, 0.25) is 9.45 Å². The minimum atomic E-state index is -1.28. The Morgan fingerprint density at radius 1 is 0.704 bits per heavy atom. The van der Waals surface area contributed by atoms with Crippen molar-refractivity contribution in [1.29, 1.82) is 0 Å². The van der Waals surface area contributed by atoms with Crippen molar-refractivity contribution in [2.75, 3.05) is 0 Å². The Hall–Kier alpha value is -1.01. The van der Waals surface area contributed by atoms with E-state index in [4.69, 9.17) is 0 Å². The van der Waals surface area contributed by atoms with Crippen LogP contribution in [0.3, 0.4) is 0 Å². The molecule has 7 heteroatoms. The number of carboxylic acids is 2. The monoisotopic (exact) mass is 420 g/mol. The van der Waals surface area contributed by atoms with Gasteiger partial charge in [0, 0.05) is 37.6 Å². The Kier molecular flexibility index (Phi) is 24.2. The molecule has 0 aliphatic heterocycles. The summed E-state index contributed by atoms with van der Waals surface area (Å²) in [6.45, 7) is 12.9. The van der Waals surface area contributed by atoms with Crippen LogP contribution in [0, 0.1) is 11.8 Å². The van der Waals surface area contributed by atoms with Crippen LogP contribution in [-0.4, -0.2) is 23.5 Å². The SMILES string of the molecule is CC(C)[CH2][Ti+2][CH2]C(C)C.CCCC(=O)CC(=O)[O-].CCCC(=O)CC(=O)[O-]. The molecule has 0 fully saturated rings. The zero-order chi connectivity index (χ0) is 21.8. The zero-order valence-electron chi connectivity index (χ0n) is 17.8. The molecule has 0 aromatic carbocycles. The van der Waals surface area contributed by atoms with Gasteiger partial charge >= 0.3 is 68.1 Å². The standard InChI is InChI=1S/2C6H10O3.2C4H9.Ti/c2*1-2-3-5(7)4-6(8)9;2*1-4(2)3;/h2*2-4H2,1H3,(H,8,9);2*4H,1H2,2-3H3;/q;;;;+2/p-2. The topological polar surface area (TPSA) is 114 Å². The number of ketones is 2. The maximum absolute atomic E-state index is 10.4. The molecule has 0 saturated heterocycles. The Balaban J connectivity index is -0.000000320. The van der Waals surface area contributed by atoms with E-state index in [1.54, 1.807) is 0 Å². The first-order valence-corrected chi connectivity index (χ1v) is 11.8. The van der Waals surface area contributed by atoms with Crippen LogP contribution in [0.25, 0.3) is 0 Å². The molecular weight excluding hydrogens is 384 g/mol. The molecule has 0 spiro atoms. The molecule has 0 N–H and O–H groups in total. The number of hydrogen-bond acceptors (Lipinski definition) is 6. The fourth-order valence-electron chi connectivity index (χ4n) is 1.72. The second-order valence-electron chi connectivity index (χ2n) is 7.12. The number of hydrogen-bond donors (Lipinski definition) is 0. The normalized spacial score (nSPS) is 9.48. The second-order valence-corrected chi connectivity index (χ2v) is 9.18. The third-order valence-electron chi connectivity index (χ3n) is 2.85. The summed E-state index contributed by atoms with van der Waals surface area (Å²) in [5.41, 5.74) is 0.